The Kier molecular flexibility index (Phi) is 8.04. The lowest BCUT2D eigenvalue weighted by Gasteiger charge is -2.14. The van der Waals surface area contributed by atoms with Crippen LogP contribution in [-0.4, -0.2) is 23.4 Å². The molecule has 2 atom stereocenters. The Hall–Kier alpha value is -2.63. The Labute approximate surface area is 158 Å². The van der Waals surface area contributed by atoms with Crippen LogP contribution >= 0.6 is 0 Å². The number of amides is 1. The normalized spacial score (nSPS) is 13.0. The van der Waals surface area contributed by atoms with E-state index in [9.17, 15) is 18.7 Å². The van der Waals surface area contributed by atoms with E-state index < -0.39 is 18.3 Å². The van der Waals surface area contributed by atoms with Crippen LogP contribution in [0.3, 0.4) is 0 Å². The SMILES string of the molecule is CCCCCC(F)C(F)C(=O)Nc1ccc(NCc2ccc(O)cc2)cc1. The minimum atomic E-state index is -2.16. The van der Waals surface area contributed by atoms with Crippen LogP contribution < -0.4 is 10.6 Å². The summed E-state index contributed by atoms with van der Waals surface area (Å²) in [6.45, 7) is 2.55. The third-order valence-corrected chi connectivity index (χ3v) is 4.24. The van der Waals surface area contributed by atoms with Gasteiger partial charge in [0.25, 0.3) is 5.91 Å². The fourth-order valence-electron chi connectivity index (χ4n) is 2.60. The average molecular weight is 376 g/mol. The molecule has 0 saturated carbocycles. The van der Waals surface area contributed by atoms with E-state index in [0.29, 0.717) is 18.7 Å². The minimum absolute atomic E-state index is 0.0581. The topological polar surface area (TPSA) is 61.4 Å². The van der Waals surface area contributed by atoms with Crippen molar-refractivity contribution in [1.29, 1.82) is 0 Å². The van der Waals surface area contributed by atoms with Gasteiger partial charge in [-0.3, -0.25) is 4.79 Å². The molecule has 146 valence electrons. The van der Waals surface area contributed by atoms with Crippen molar-refractivity contribution in [3.8, 4) is 5.75 Å². The number of hydrogen-bond donors (Lipinski definition) is 3. The summed E-state index contributed by atoms with van der Waals surface area (Å²) >= 11 is 0. The quantitative estimate of drug-likeness (QED) is 0.500. The number of benzene rings is 2. The number of carbonyl (C=O) groups excluding carboxylic acids is 1. The maximum absolute atomic E-state index is 13.9. The molecule has 0 aliphatic carbocycles. The minimum Gasteiger partial charge on any atom is -0.508 e. The monoisotopic (exact) mass is 376 g/mol. The van der Waals surface area contributed by atoms with Gasteiger partial charge in [0.2, 0.25) is 6.17 Å². The zero-order valence-corrected chi connectivity index (χ0v) is 15.4. The summed E-state index contributed by atoms with van der Waals surface area (Å²) in [6, 6.07) is 13.6. The Bertz CT molecular complexity index is 705. The molecule has 2 aromatic carbocycles. The van der Waals surface area contributed by atoms with E-state index in [4.69, 9.17) is 0 Å². The third kappa shape index (κ3) is 6.89. The number of rotatable bonds is 10. The van der Waals surface area contributed by atoms with Crippen LogP contribution in [0.25, 0.3) is 0 Å². The summed E-state index contributed by atoms with van der Waals surface area (Å²) in [6.07, 6.45) is -1.55. The molecule has 0 heterocycles. The number of aromatic hydroxyl groups is 1. The maximum atomic E-state index is 13.9. The number of halogens is 2. The van der Waals surface area contributed by atoms with Gasteiger partial charge in [0.1, 0.15) is 11.9 Å². The van der Waals surface area contributed by atoms with E-state index >= 15 is 0 Å². The highest BCUT2D eigenvalue weighted by Crippen LogP contribution is 2.18. The summed E-state index contributed by atoms with van der Waals surface area (Å²) in [4.78, 5) is 11.8. The molecule has 0 aromatic heterocycles. The second kappa shape index (κ2) is 10.5. The van der Waals surface area contributed by atoms with Gasteiger partial charge in [0, 0.05) is 17.9 Å². The van der Waals surface area contributed by atoms with Gasteiger partial charge in [-0.15, -0.1) is 0 Å². The van der Waals surface area contributed by atoms with Crippen molar-refractivity contribution in [3.05, 3.63) is 54.1 Å². The number of phenolic OH excluding ortho intramolecular Hbond substituents is 1. The Balaban J connectivity index is 1.81. The fourth-order valence-corrected chi connectivity index (χ4v) is 2.60. The van der Waals surface area contributed by atoms with Crippen LogP contribution in [0, 0.1) is 0 Å². The molecule has 2 unspecified atom stereocenters. The van der Waals surface area contributed by atoms with Crippen molar-refractivity contribution in [2.24, 2.45) is 0 Å². The van der Waals surface area contributed by atoms with Crippen molar-refractivity contribution in [1.82, 2.24) is 0 Å². The van der Waals surface area contributed by atoms with E-state index in [1.54, 1.807) is 36.4 Å². The summed E-state index contributed by atoms with van der Waals surface area (Å²) in [5.41, 5.74) is 2.24. The highest BCUT2D eigenvalue weighted by molar-refractivity contribution is 5.94. The predicted molar refractivity (Wildman–Crippen MR) is 104 cm³/mol. The number of unbranched alkanes of at least 4 members (excludes halogenated alkanes) is 2. The molecule has 3 N–H and O–H groups in total. The number of anilines is 2. The summed E-state index contributed by atoms with van der Waals surface area (Å²) < 4.78 is 27.7. The Morgan fingerprint density at radius 1 is 1.00 bits per heavy atom. The first-order valence-electron chi connectivity index (χ1n) is 9.20. The van der Waals surface area contributed by atoms with E-state index in [0.717, 1.165) is 24.1 Å². The molecular weight excluding hydrogens is 350 g/mol. The molecule has 0 bridgehead atoms. The lowest BCUT2D eigenvalue weighted by atomic mass is 10.1. The van der Waals surface area contributed by atoms with Crippen LogP contribution in [0.1, 0.15) is 38.2 Å². The zero-order valence-electron chi connectivity index (χ0n) is 15.4. The molecule has 0 radical (unpaired) electrons. The highest BCUT2D eigenvalue weighted by atomic mass is 19.2. The summed E-state index contributed by atoms with van der Waals surface area (Å²) in [5.74, 6) is -0.741. The number of carbonyl (C=O) groups is 1. The second-order valence-electron chi connectivity index (χ2n) is 6.50. The molecule has 0 aliphatic heterocycles. The smallest absolute Gasteiger partial charge is 0.261 e. The molecule has 6 heteroatoms. The molecule has 0 fully saturated rings. The van der Waals surface area contributed by atoms with Gasteiger partial charge in [-0.25, -0.2) is 8.78 Å². The van der Waals surface area contributed by atoms with Gasteiger partial charge in [-0.1, -0.05) is 38.3 Å². The van der Waals surface area contributed by atoms with Crippen LogP contribution in [0.5, 0.6) is 5.75 Å². The third-order valence-electron chi connectivity index (χ3n) is 4.24. The largest absolute Gasteiger partial charge is 0.508 e. The first kappa shape index (κ1) is 20.7. The predicted octanol–water partition coefficient (Wildman–Crippen LogP) is 5.20. The number of nitrogens with one attached hydrogen (secondary N) is 2. The molecule has 1 amide bonds. The average Bonchev–Trinajstić information content (AvgIpc) is 2.68. The van der Waals surface area contributed by atoms with Crippen molar-refractivity contribution < 1.29 is 18.7 Å². The molecule has 4 nitrogen and oxygen atoms in total. The maximum Gasteiger partial charge on any atom is 0.261 e. The molecule has 2 aromatic rings. The van der Waals surface area contributed by atoms with E-state index in [-0.39, 0.29) is 12.2 Å². The molecule has 0 spiro atoms. The first-order chi connectivity index (χ1) is 13.0. The van der Waals surface area contributed by atoms with Gasteiger partial charge in [-0.2, -0.15) is 0 Å². The van der Waals surface area contributed by atoms with E-state index in [1.807, 2.05) is 19.1 Å². The number of alkyl halides is 2. The van der Waals surface area contributed by atoms with Crippen LogP contribution in [0.15, 0.2) is 48.5 Å². The molecule has 0 aliphatic rings. The zero-order chi connectivity index (χ0) is 19.6. The van der Waals surface area contributed by atoms with Crippen molar-refractivity contribution in [3.63, 3.8) is 0 Å². The number of hydrogen-bond acceptors (Lipinski definition) is 3. The molecule has 27 heavy (non-hydrogen) atoms. The van der Waals surface area contributed by atoms with E-state index in [1.165, 1.54) is 0 Å². The van der Waals surface area contributed by atoms with Crippen molar-refractivity contribution in [2.45, 2.75) is 51.5 Å². The van der Waals surface area contributed by atoms with Crippen LogP contribution in [0.4, 0.5) is 20.2 Å². The first-order valence-corrected chi connectivity index (χ1v) is 9.20. The fraction of sp³-hybridized carbons (Fsp3) is 0.381. The van der Waals surface area contributed by atoms with Crippen LogP contribution in [-0.2, 0) is 11.3 Å². The molecule has 2 rings (SSSR count). The van der Waals surface area contributed by atoms with Gasteiger partial charge in [-0.05, 0) is 48.4 Å². The van der Waals surface area contributed by atoms with Crippen molar-refractivity contribution in [2.75, 3.05) is 10.6 Å². The van der Waals surface area contributed by atoms with Gasteiger partial charge >= 0.3 is 0 Å². The van der Waals surface area contributed by atoms with Gasteiger partial charge < -0.3 is 15.7 Å². The Morgan fingerprint density at radius 2 is 1.63 bits per heavy atom. The van der Waals surface area contributed by atoms with Crippen molar-refractivity contribution >= 4 is 17.3 Å². The summed E-state index contributed by atoms with van der Waals surface area (Å²) in [7, 11) is 0. The van der Waals surface area contributed by atoms with Gasteiger partial charge in [0.15, 0.2) is 0 Å². The highest BCUT2D eigenvalue weighted by Gasteiger charge is 2.27. The van der Waals surface area contributed by atoms with Gasteiger partial charge in [0.05, 0.1) is 0 Å². The summed E-state index contributed by atoms with van der Waals surface area (Å²) in [5, 5.41) is 14.9. The van der Waals surface area contributed by atoms with E-state index in [2.05, 4.69) is 10.6 Å². The lowest BCUT2D eigenvalue weighted by molar-refractivity contribution is -0.123. The van der Waals surface area contributed by atoms with Crippen LogP contribution in [0.2, 0.25) is 0 Å². The Morgan fingerprint density at radius 3 is 2.26 bits per heavy atom. The lowest BCUT2D eigenvalue weighted by Crippen LogP contribution is -2.32. The molecular formula is C21H26F2N2O2. The molecule has 0 saturated heterocycles. The standard InChI is InChI=1S/C21H26F2N2O2/c1-2-3-4-5-19(22)20(23)21(27)25-17-10-8-16(9-11-17)24-14-15-6-12-18(26)13-7-15/h6-13,19-20,24,26H,2-5,14H2,1H3,(H,25,27). The second-order valence-corrected chi connectivity index (χ2v) is 6.50. The number of phenols is 1.